The fourth-order valence-electron chi connectivity index (χ4n) is 2.27. The first-order valence-corrected chi connectivity index (χ1v) is 7.58. The van der Waals surface area contributed by atoms with Gasteiger partial charge in [0.25, 0.3) is 0 Å². The van der Waals surface area contributed by atoms with Crippen molar-refractivity contribution >= 4 is 29.0 Å². The average Bonchev–Trinajstić information content (AvgIpc) is 2.34. The van der Waals surface area contributed by atoms with Gasteiger partial charge in [-0.2, -0.15) is 0 Å². The summed E-state index contributed by atoms with van der Waals surface area (Å²) in [6, 6.07) is 0.0472. The van der Waals surface area contributed by atoms with Gasteiger partial charge in [-0.3, -0.25) is 9.59 Å². The second-order valence-corrected chi connectivity index (χ2v) is 5.79. The number of hydrogen-bond acceptors (Lipinski definition) is 3. The summed E-state index contributed by atoms with van der Waals surface area (Å²) in [5.41, 5.74) is 4.97. The molecule has 0 heterocycles. The monoisotopic (exact) mass is 301 g/mol. The Labute approximate surface area is 127 Å². The van der Waals surface area contributed by atoms with Crippen molar-refractivity contribution in [2.75, 3.05) is 6.54 Å². The van der Waals surface area contributed by atoms with Gasteiger partial charge in [-0.1, -0.05) is 38.9 Å². The Balaban J connectivity index is 4.79. The molecule has 0 rings (SSSR count). The average molecular weight is 301 g/mol. The molecule has 0 aromatic rings. The number of nitrogens with two attached hydrogens (primary N) is 1. The Morgan fingerprint density at radius 2 is 1.70 bits per heavy atom. The Hall–Kier alpha value is -1.17. The lowest BCUT2D eigenvalue weighted by molar-refractivity contribution is -0.131. The Morgan fingerprint density at radius 3 is 2.05 bits per heavy atom. The molecule has 0 atom stereocenters. The van der Waals surface area contributed by atoms with Crippen molar-refractivity contribution in [1.82, 2.24) is 10.6 Å². The van der Waals surface area contributed by atoms with Crippen LogP contribution in [0.3, 0.4) is 0 Å². The van der Waals surface area contributed by atoms with Crippen molar-refractivity contribution in [3.05, 3.63) is 0 Å². The van der Waals surface area contributed by atoms with E-state index in [1.54, 1.807) is 0 Å². The third-order valence-corrected chi connectivity index (χ3v) is 3.51. The van der Waals surface area contributed by atoms with Gasteiger partial charge < -0.3 is 16.4 Å². The van der Waals surface area contributed by atoms with Gasteiger partial charge in [0.2, 0.25) is 11.8 Å². The number of thiocarbonyl (C=S) groups is 1. The molecule has 0 aromatic heterocycles. The lowest BCUT2D eigenvalue weighted by Gasteiger charge is -2.31. The highest BCUT2D eigenvalue weighted by Crippen LogP contribution is 2.30. The lowest BCUT2D eigenvalue weighted by atomic mass is 9.78. The molecule has 6 heteroatoms. The minimum Gasteiger partial charge on any atom is -0.392 e. The molecule has 0 saturated heterocycles. The molecular formula is C14H27N3O2S. The van der Waals surface area contributed by atoms with Gasteiger partial charge in [0, 0.05) is 6.04 Å². The van der Waals surface area contributed by atoms with Crippen LogP contribution in [0, 0.1) is 5.41 Å². The van der Waals surface area contributed by atoms with Gasteiger partial charge >= 0.3 is 0 Å². The summed E-state index contributed by atoms with van der Waals surface area (Å²) in [6.07, 6.45) is 2.83. The number of rotatable bonds is 9. The maximum atomic E-state index is 12.4. The third-order valence-electron chi connectivity index (χ3n) is 3.12. The molecule has 20 heavy (non-hydrogen) atoms. The summed E-state index contributed by atoms with van der Waals surface area (Å²) in [6.45, 7) is 7.66. The molecule has 0 aliphatic carbocycles. The van der Waals surface area contributed by atoms with E-state index in [0.29, 0.717) is 12.8 Å². The zero-order valence-corrected chi connectivity index (χ0v) is 13.7. The topological polar surface area (TPSA) is 84.2 Å². The third kappa shape index (κ3) is 5.45. The van der Waals surface area contributed by atoms with Crippen LogP contribution in [0.4, 0.5) is 0 Å². The first-order chi connectivity index (χ1) is 9.30. The summed E-state index contributed by atoms with van der Waals surface area (Å²) in [4.78, 5) is 24.2. The van der Waals surface area contributed by atoms with Crippen LogP contribution in [0.2, 0.25) is 0 Å². The van der Waals surface area contributed by atoms with Gasteiger partial charge in [0.1, 0.15) is 0 Å². The molecule has 0 saturated carbocycles. The van der Waals surface area contributed by atoms with E-state index < -0.39 is 5.41 Å². The van der Waals surface area contributed by atoms with Crippen molar-refractivity contribution in [1.29, 1.82) is 0 Å². The highest BCUT2D eigenvalue weighted by Gasteiger charge is 2.39. The number of carbonyl (C=O) groups excluding carboxylic acids is 2. The van der Waals surface area contributed by atoms with E-state index in [2.05, 4.69) is 10.6 Å². The maximum Gasteiger partial charge on any atom is 0.239 e. The SMILES string of the molecule is CCCC(CCC)(C(=O)NCC(=O)NC(C)C)C(N)=S. The molecule has 5 nitrogen and oxygen atoms in total. The van der Waals surface area contributed by atoms with Crippen LogP contribution in [0.5, 0.6) is 0 Å². The van der Waals surface area contributed by atoms with Crippen LogP contribution in [0.25, 0.3) is 0 Å². The van der Waals surface area contributed by atoms with Gasteiger partial charge in [-0.05, 0) is 26.7 Å². The van der Waals surface area contributed by atoms with Crippen molar-refractivity contribution in [3.63, 3.8) is 0 Å². The molecule has 116 valence electrons. The van der Waals surface area contributed by atoms with Crippen LogP contribution < -0.4 is 16.4 Å². The van der Waals surface area contributed by atoms with Crippen LogP contribution >= 0.6 is 12.2 Å². The van der Waals surface area contributed by atoms with E-state index in [9.17, 15) is 9.59 Å². The van der Waals surface area contributed by atoms with E-state index in [0.717, 1.165) is 12.8 Å². The van der Waals surface area contributed by atoms with Gasteiger partial charge in [0.15, 0.2) is 0 Å². The number of nitrogens with one attached hydrogen (secondary N) is 2. The highest BCUT2D eigenvalue weighted by molar-refractivity contribution is 7.80. The van der Waals surface area contributed by atoms with Crippen molar-refractivity contribution < 1.29 is 9.59 Å². The standard InChI is InChI=1S/C14H27N3O2S/c1-5-7-14(8-6-2,12(15)20)13(19)16-9-11(18)17-10(3)4/h10H,5-9H2,1-4H3,(H2,15,20)(H,16,19)(H,17,18). The summed E-state index contributed by atoms with van der Waals surface area (Å²) < 4.78 is 0. The van der Waals surface area contributed by atoms with Crippen molar-refractivity contribution in [3.8, 4) is 0 Å². The first-order valence-electron chi connectivity index (χ1n) is 7.17. The number of carbonyl (C=O) groups is 2. The van der Waals surface area contributed by atoms with Crippen LogP contribution in [-0.4, -0.2) is 29.4 Å². The molecular weight excluding hydrogens is 274 g/mol. The molecule has 0 bridgehead atoms. The highest BCUT2D eigenvalue weighted by atomic mass is 32.1. The maximum absolute atomic E-state index is 12.4. The zero-order chi connectivity index (χ0) is 15.8. The summed E-state index contributed by atoms with van der Waals surface area (Å²) in [5.74, 6) is -0.453. The van der Waals surface area contributed by atoms with Crippen LogP contribution in [0.15, 0.2) is 0 Å². The molecule has 0 aliphatic rings. The predicted molar refractivity (Wildman–Crippen MR) is 85.3 cm³/mol. The summed E-state index contributed by atoms with van der Waals surface area (Å²) in [5, 5.41) is 5.39. The Bertz CT molecular complexity index is 350. The molecule has 0 aromatic carbocycles. The van der Waals surface area contributed by atoms with E-state index in [1.807, 2.05) is 27.7 Å². The minimum atomic E-state index is -0.836. The molecule has 0 spiro atoms. The van der Waals surface area contributed by atoms with E-state index >= 15 is 0 Å². The number of hydrogen-bond donors (Lipinski definition) is 3. The summed E-state index contributed by atoms with van der Waals surface area (Å²) in [7, 11) is 0. The molecule has 2 amide bonds. The Morgan fingerprint density at radius 1 is 1.20 bits per heavy atom. The van der Waals surface area contributed by atoms with Crippen molar-refractivity contribution in [2.24, 2.45) is 11.1 Å². The minimum absolute atomic E-state index is 0.0468. The van der Waals surface area contributed by atoms with Gasteiger partial charge in [-0.25, -0.2) is 0 Å². The lowest BCUT2D eigenvalue weighted by Crippen LogP contribution is -2.51. The molecule has 0 radical (unpaired) electrons. The molecule has 0 fully saturated rings. The van der Waals surface area contributed by atoms with E-state index in [4.69, 9.17) is 18.0 Å². The smallest absolute Gasteiger partial charge is 0.239 e. The largest absolute Gasteiger partial charge is 0.392 e. The second-order valence-electron chi connectivity index (χ2n) is 5.35. The Kier molecular flexibility index (Phi) is 8.37. The van der Waals surface area contributed by atoms with E-state index in [-0.39, 0.29) is 29.4 Å². The van der Waals surface area contributed by atoms with E-state index in [1.165, 1.54) is 0 Å². The fraction of sp³-hybridized carbons (Fsp3) is 0.786. The number of amides is 2. The zero-order valence-electron chi connectivity index (χ0n) is 12.9. The normalized spacial score (nSPS) is 11.2. The second kappa shape index (κ2) is 8.89. The van der Waals surface area contributed by atoms with Crippen molar-refractivity contribution in [2.45, 2.75) is 59.4 Å². The van der Waals surface area contributed by atoms with Gasteiger partial charge in [-0.15, -0.1) is 0 Å². The first kappa shape index (κ1) is 18.8. The molecule has 4 N–H and O–H groups in total. The quantitative estimate of drug-likeness (QED) is 0.564. The van der Waals surface area contributed by atoms with Gasteiger partial charge in [0.05, 0.1) is 16.9 Å². The van der Waals surface area contributed by atoms with Crippen LogP contribution in [-0.2, 0) is 9.59 Å². The molecule has 0 unspecified atom stereocenters. The fourth-order valence-corrected chi connectivity index (χ4v) is 2.56. The molecule has 0 aliphatic heterocycles. The van der Waals surface area contributed by atoms with Crippen LogP contribution in [0.1, 0.15) is 53.4 Å². The predicted octanol–water partition coefficient (Wildman–Crippen LogP) is 1.50. The summed E-state index contributed by atoms with van der Waals surface area (Å²) >= 11 is 5.10.